The highest BCUT2D eigenvalue weighted by Gasteiger charge is 2.14. The molecule has 0 spiro atoms. The normalized spacial score (nSPS) is 16.9. The van der Waals surface area contributed by atoms with Crippen LogP contribution in [0.5, 0.6) is 0 Å². The summed E-state index contributed by atoms with van der Waals surface area (Å²) in [6, 6.07) is 11.6. The highest BCUT2D eigenvalue weighted by Crippen LogP contribution is 2.32. The SMILES string of the molecule is CN(C)CC1=C(c2c[c]ccc2)CCCC1. The maximum absolute atomic E-state index is 3.18. The van der Waals surface area contributed by atoms with E-state index >= 15 is 0 Å². The maximum Gasteiger partial charge on any atom is 0.0192 e. The van der Waals surface area contributed by atoms with Crippen LogP contribution in [0.4, 0.5) is 0 Å². The summed E-state index contributed by atoms with van der Waals surface area (Å²) < 4.78 is 0. The molecule has 0 N–H and O–H groups in total. The van der Waals surface area contributed by atoms with Crippen LogP contribution in [0.25, 0.3) is 5.57 Å². The predicted molar refractivity (Wildman–Crippen MR) is 69.2 cm³/mol. The van der Waals surface area contributed by atoms with Gasteiger partial charge in [-0.05, 0) is 63.0 Å². The Bertz CT molecular complexity index is 362. The van der Waals surface area contributed by atoms with Gasteiger partial charge in [0.15, 0.2) is 0 Å². The van der Waals surface area contributed by atoms with Crippen molar-refractivity contribution in [3.05, 3.63) is 41.5 Å². The minimum absolute atomic E-state index is 1.10. The van der Waals surface area contributed by atoms with Gasteiger partial charge in [-0.2, -0.15) is 0 Å². The van der Waals surface area contributed by atoms with E-state index < -0.39 is 0 Å². The van der Waals surface area contributed by atoms with Gasteiger partial charge >= 0.3 is 0 Å². The lowest BCUT2D eigenvalue weighted by molar-refractivity contribution is 0.434. The fourth-order valence-electron chi connectivity index (χ4n) is 2.45. The molecule has 1 aliphatic rings. The van der Waals surface area contributed by atoms with Gasteiger partial charge in [0.25, 0.3) is 0 Å². The second-order valence-corrected chi connectivity index (χ2v) is 4.82. The van der Waals surface area contributed by atoms with E-state index in [1.165, 1.54) is 31.2 Å². The molecule has 1 heteroatoms. The smallest absolute Gasteiger partial charge is 0.0192 e. The van der Waals surface area contributed by atoms with Crippen LogP contribution in [0.2, 0.25) is 0 Å². The molecule has 0 amide bonds. The van der Waals surface area contributed by atoms with E-state index in [0.29, 0.717) is 0 Å². The molecule has 0 saturated heterocycles. The predicted octanol–water partition coefficient (Wildman–Crippen LogP) is 3.38. The number of hydrogen-bond donors (Lipinski definition) is 0. The second-order valence-electron chi connectivity index (χ2n) is 4.82. The van der Waals surface area contributed by atoms with Crippen LogP contribution in [-0.4, -0.2) is 25.5 Å². The quantitative estimate of drug-likeness (QED) is 0.745. The van der Waals surface area contributed by atoms with Crippen LogP contribution in [-0.2, 0) is 0 Å². The number of likely N-dealkylation sites (N-methyl/N-ethyl adjacent to an activating group) is 1. The van der Waals surface area contributed by atoms with E-state index in [-0.39, 0.29) is 0 Å². The zero-order valence-electron chi connectivity index (χ0n) is 10.3. The standard InChI is InChI=1S/C15H20N/c1-16(2)12-14-10-6-7-11-15(14)13-8-4-3-5-9-13/h3-4,8-9H,6-7,10-12H2,1-2H3. The van der Waals surface area contributed by atoms with E-state index in [2.05, 4.69) is 43.3 Å². The molecule has 16 heavy (non-hydrogen) atoms. The number of hydrogen-bond acceptors (Lipinski definition) is 1. The van der Waals surface area contributed by atoms with Crippen molar-refractivity contribution in [1.82, 2.24) is 4.90 Å². The zero-order chi connectivity index (χ0) is 11.4. The summed E-state index contributed by atoms with van der Waals surface area (Å²) in [7, 11) is 4.30. The fourth-order valence-corrected chi connectivity index (χ4v) is 2.45. The molecule has 1 aliphatic carbocycles. The Morgan fingerprint density at radius 3 is 2.75 bits per heavy atom. The Kier molecular flexibility index (Phi) is 3.79. The van der Waals surface area contributed by atoms with E-state index in [1.54, 1.807) is 11.1 Å². The Labute approximate surface area is 98.8 Å². The average Bonchev–Trinajstić information content (AvgIpc) is 2.30. The lowest BCUT2D eigenvalue weighted by Gasteiger charge is -2.23. The topological polar surface area (TPSA) is 3.24 Å². The van der Waals surface area contributed by atoms with Crippen molar-refractivity contribution in [1.29, 1.82) is 0 Å². The van der Waals surface area contributed by atoms with Crippen molar-refractivity contribution < 1.29 is 0 Å². The first-order valence-corrected chi connectivity index (χ1v) is 6.09. The molecule has 1 aromatic carbocycles. The number of rotatable bonds is 3. The summed E-state index contributed by atoms with van der Waals surface area (Å²) in [4.78, 5) is 2.27. The van der Waals surface area contributed by atoms with Crippen molar-refractivity contribution in [3.63, 3.8) is 0 Å². The van der Waals surface area contributed by atoms with Gasteiger partial charge in [0.05, 0.1) is 0 Å². The van der Waals surface area contributed by atoms with Crippen LogP contribution in [0.1, 0.15) is 31.2 Å². The largest absolute Gasteiger partial charge is 0.305 e. The van der Waals surface area contributed by atoms with Gasteiger partial charge in [-0.15, -0.1) is 0 Å². The number of benzene rings is 1. The number of nitrogens with zero attached hydrogens (tertiary/aromatic N) is 1. The summed E-state index contributed by atoms with van der Waals surface area (Å²) in [5.41, 5.74) is 4.56. The maximum atomic E-state index is 3.18. The molecule has 0 unspecified atom stereocenters. The average molecular weight is 214 g/mol. The highest BCUT2D eigenvalue weighted by atomic mass is 15.0. The molecule has 0 bridgehead atoms. The molecule has 1 aromatic rings. The second kappa shape index (κ2) is 5.31. The van der Waals surface area contributed by atoms with Crippen molar-refractivity contribution >= 4 is 5.57 Å². The Balaban J connectivity index is 2.30. The summed E-state index contributed by atoms with van der Waals surface area (Å²) in [5.74, 6) is 0. The van der Waals surface area contributed by atoms with E-state index in [4.69, 9.17) is 0 Å². The molecule has 85 valence electrons. The van der Waals surface area contributed by atoms with E-state index in [9.17, 15) is 0 Å². The third kappa shape index (κ3) is 2.73. The molecular weight excluding hydrogens is 194 g/mol. The van der Waals surface area contributed by atoms with E-state index in [1.807, 2.05) is 6.07 Å². The first-order chi connectivity index (χ1) is 7.77. The monoisotopic (exact) mass is 214 g/mol. The molecule has 0 aromatic heterocycles. The molecule has 0 aliphatic heterocycles. The van der Waals surface area contributed by atoms with Gasteiger partial charge in [0, 0.05) is 6.54 Å². The number of allylic oxidation sites excluding steroid dienone is 1. The molecule has 0 atom stereocenters. The van der Waals surface area contributed by atoms with Crippen molar-refractivity contribution in [2.45, 2.75) is 25.7 Å². The summed E-state index contributed by atoms with van der Waals surface area (Å²) >= 11 is 0. The van der Waals surface area contributed by atoms with Crippen LogP contribution in [0.3, 0.4) is 0 Å². The fraction of sp³-hybridized carbons (Fsp3) is 0.467. The first kappa shape index (κ1) is 11.4. The molecule has 1 radical (unpaired) electrons. The van der Waals surface area contributed by atoms with Crippen LogP contribution in [0.15, 0.2) is 29.8 Å². The Hall–Kier alpha value is -1.08. The Morgan fingerprint density at radius 1 is 1.25 bits per heavy atom. The van der Waals surface area contributed by atoms with Crippen molar-refractivity contribution in [3.8, 4) is 0 Å². The summed E-state index contributed by atoms with van der Waals surface area (Å²) in [5, 5.41) is 0. The molecule has 0 fully saturated rings. The highest BCUT2D eigenvalue weighted by molar-refractivity contribution is 5.69. The van der Waals surface area contributed by atoms with Crippen LogP contribution < -0.4 is 0 Å². The van der Waals surface area contributed by atoms with Crippen molar-refractivity contribution in [2.75, 3.05) is 20.6 Å². The van der Waals surface area contributed by atoms with E-state index in [0.717, 1.165) is 6.54 Å². The zero-order valence-corrected chi connectivity index (χ0v) is 10.3. The van der Waals surface area contributed by atoms with Crippen molar-refractivity contribution in [2.24, 2.45) is 0 Å². The molecule has 0 heterocycles. The minimum Gasteiger partial charge on any atom is -0.305 e. The Morgan fingerprint density at radius 2 is 2.06 bits per heavy atom. The lowest BCUT2D eigenvalue weighted by Crippen LogP contribution is -2.17. The van der Waals surface area contributed by atoms with Gasteiger partial charge in [-0.25, -0.2) is 0 Å². The summed E-state index contributed by atoms with van der Waals surface area (Å²) in [6.45, 7) is 1.10. The van der Waals surface area contributed by atoms with Gasteiger partial charge < -0.3 is 4.90 Å². The molecule has 0 saturated carbocycles. The minimum atomic E-state index is 1.10. The van der Waals surface area contributed by atoms with Gasteiger partial charge in [-0.1, -0.05) is 23.8 Å². The van der Waals surface area contributed by atoms with Crippen LogP contribution in [0, 0.1) is 6.07 Å². The lowest BCUT2D eigenvalue weighted by atomic mass is 9.87. The molecular formula is C15H20N. The summed E-state index contributed by atoms with van der Waals surface area (Å²) in [6.07, 6.45) is 5.19. The third-order valence-electron chi connectivity index (χ3n) is 3.14. The van der Waals surface area contributed by atoms with Crippen LogP contribution >= 0.6 is 0 Å². The molecule has 2 rings (SSSR count). The third-order valence-corrected chi connectivity index (χ3v) is 3.14. The first-order valence-electron chi connectivity index (χ1n) is 6.09. The van der Waals surface area contributed by atoms with Gasteiger partial charge in [0.2, 0.25) is 0 Å². The van der Waals surface area contributed by atoms with Gasteiger partial charge in [0.1, 0.15) is 0 Å². The van der Waals surface area contributed by atoms with Gasteiger partial charge in [-0.3, -0.25) is 0 Å². The molecule has 1 nitrogen and oxygen atoms in total.